The van der Waals surface area contributed by atoms with Gasteiger partial charge in [0.25, 0.3) is 0 Å². The van der Waals surface area contributed by atoms with Gasteiger partial charge >= 0.3 is 17.8 Å². The number of nitrogens with one attached hydrogen (secondary N) is 1. The van der Waals surface area contributed by atoms with Crippen LogP contribution in [0.15, 0.2) is 24.3 Å². The predicted molar refractivity (Wildman–Crippen MR) is 99.8 cm³/mol. The molecule has 0 spiro atoms. The van der Waals surface area contributed by atoms with E-state index in [1.807, 2.05) is 26.0 Å². The third kappa shape index (κ3) is 3.86. The standard InChI is InChI=1S/C20H25N3O4/c1-3-14-8-10-15(11-9-14)21-17(24)12-22-18(25)19(26)23(20(22)27)16-7-5-4-6-13(16)2/h8-11,13,16H,3-7,12H2,1-2H3,(H,21,24)/t13-,16-/m1/s1. The number of benzene rings is 1. The van der Waals surface area contributed by atoms with Gasteiger partial charge in [0.2, 0.25) is 5.91 Å². The van der Waals surface area contributed by atoms with E-state index in [0.717, 1.165) is 41.0 Å². The molecule has 2 fully saturated rings. The molecule has 7 heteroatoms. The summed E-state index contributed by atoms with van der Waals surface area (Å²) in [5, 5.41) is 2.66. The fraction of sp³-hybridized carbons (Fsp3) is 0.500. The molecule has 3 rings (SSSR count). The molecule has 144 valence electrons. The molecule has 5 amide bonds. The van der Waals surface area contributed by atoms with Gasteiger partial charge in [0.15, 0.2) is 0 Å². The van der Waals surface area contributed by atoms with E-state index in [9.17, 15) is 19.2 Å². The minimum Gasteiger partial charge on any atom is -0.325 e. The maximum Gasteiger partial charge on any atom is 0.334 e. The number of rotatable bonds is 5. The van der Waals surface area contributed by atoms with Crippen LogP contribution in [0.3, 0.4) is 0 Å². The summed E-state index contributed by atoms with van der Waals surface area (Å²) in [5.74, 6) is -2.09. The van der Waals surface area contributed by atoms with Gasteiger partial charge in [-0.15, -0.1) is 0 Å². The first kappa shape index (κ1) is 19.1. The SMILES string of the molecule is CCc1ccc(NC(=O)CN2C(=O)C(=O)N([C@@H]3CCCC[C@H]3C)C2=O)cc1. The first-order valence-corrected chi connectivity index (χ1v) is 9.50. The maximum atomic E-state index is 12.7. The Morgan fingerprint density at radius 1 is 1.07 bits per heavy atom. The average Bonchev–Trinajstić information content (AvgIpc) is 2.86. The molecule has 7 nitrogen and oxygen atoms in total. The molecule has 2 atom stereocenters. The Morgan fingerprint density at radius 3 is 2.37 bits per heavy atom. The lowest BCUT2D eigenvalue weighted by molar-refractivity contribution is -0.145. The van der Waals surface area contributed by atoms with Gasteiger partial charge in [0.05, 0.1) is 0 Å². The largest absolute Gasteiger partial charge is 0.334 e. The van der Waals surface area contributed by atoms with E-state index in [1.54, 1.807) is 12.1 Å². The number of anilines is 1. The van der Waals surface area contributed by atoms with E-state index in [-0.39, 0.29) is 12.0 Å². The van der Waals surface area contributed by atoms with Gasteiger partial charge in [-0.3, -0.25) is 19.3 Å². The van der Waals surface area contributed by atoms with Crippen LogP contribution >= 0.6 is 0 Å². The fourth-order valence-electron chi connectivity index (χ4n) is 3.80. The number of urea groups is 1. The van der Waals surface area contributed by atoms with E-state index < -0.39 is 30.3 Å². The van der Waals surface area contributed by atoms with Crippen molar-refractivity contribution in [3.63, 3.8) is 0 Å². The normalized spacial score (nSPS) is 23.1. The summed E-state index contributed by atoms with van der Waals surface area (Å²) < 4.78 is 0. The second kappa shape index (κ2) is 7.90. The zero-order valence-electron chi connectivity index (χ0n) is 15.7. The molecule has 1 aliphatic carbocycles. The Kier molecular flexibility index (Phi) is 5.58. The van der Waals surface area contributed by atoms with Crippen molar-refractivity contribution in [1.82, 2.24) is 9.80 Å². The maximum absolute atomic E-state index is 12.7. The molecule has 0 bridgehead atoms. The lowest BCUT2D eigenvalue weighted by Crippen LogP contribution is -2.46. The minimum atomic E-state index is -0.922. The van der Waals surface area contributed by atoms with Crippen LogP contribution in [0.1, 0.15) is 45.1 Å². The monoisotopic (exact) mass is 371 g/mol. The van der Waals surface area contributed by atoms with E-state index in [4.69, 9.17) is 0 Å². The smallest absolute Gasteiger partial charge is 0.325 e. The first-order valence-electron chi connectivity index (χ1n) is 9.50. The molecule has 1 aromatic rings. The molecular formula is C20H25N3O4. The predicted octanol–water partition coefficient (Wildman–Crippen LogP) is 2.56. The van der Waals surface area contributed by atoms with Gasteiger partial charge in [-0.1, -0.05) is 38.8 Å². The topological polar surface area (TPSA) is 86.8 Å². The lowest BCUT2D eigenvalue weighted by atomic mass is 9.85. The van der Waals surface area contributed by atoms with Crippen molar-refractivity contribution < 1.29 is 19.2 Å². The highest BCUT2D eigenvalue weighted by molar-refractivity contribution is 6.45. The highest BCUT2D eigenvalue weighted by Gasteiger charge is 2.49. The third-order valence-corrected chi connectivity index (χ3v) is 5.43. The second-order valence-electron chi connectivity index (χ2n) is 7.28. The summed E-state index contributed by atoms with van der Waals surface area (Å²) in [6.07, 6.45) is 4.50. The van der Waals surface area contributed by atoms with Crippen molar-refractivity contribution in [3.05, 3.63) is 29.8 Å². The number of aryl methyl sites for hydroxylation is 1. The summed E-state index contributed by atoms with van der Waals surface area (Å²) in [7, 11) is 0. The molecule has 1 N–H and O–H groups in total. The zero-order valence-corrected chi connectivity index (χ0v) is 15.7. The highest BCUT2D eigenvalue weighted by atomic mass is 16.2. The van der Waals surface area contributed by atoms with Gasteiger partial charge in [-0.2, -0.15) is 0 Å². The molecule has 1 aromatic carbocycles. The number of amides is 5. The number of hydrogen-bond donors (Lipinski definition) is 1. The summed E-state index contributed by atoms with van der Waals surface area (Å²) in [4.78, 5) is 51.4. The molecule has 0 unspecified atom stereocenters. The quantitative estimate of drug-likeness (QED) is 0.637. The van der Waals surface area contributed by atoms with Crippen molar-refractivity contribution in [2.75, 3.05) is 11.9 Å². The molecule has 1 aliphatic heterocycles. The van der Waals surface area contributed by atoms with Crippen molar-refractivity contribution >= 4 is 29.4 Å². The molecule has 2 aliphatic rings. The molecule has 1 saturated heterocycles. The Balaban J connectivity index is 1.67. The summed E-state index contributed by atoms with van der Waals surface area (Å²) in [6.45, 7) is 3.56. The Labute approximate surface area is 158 Å². The number of nitrogens with zero attached hydrogens (tertiary/aromatic N) is 2. The molecule has 27 heavy (non-hydrogen) atoms. The summed E-state index contributed by atoms with van der Waals surface area (Å²) in [5.41, 5.74) is 1.72. The minimum absolute atomic E-state index is 0.158. The van der Waals surface area contributed by atoms with Crippen molar-refractivity contribution in [2.24, 2.45) is 5.92 Å². The van der Waals surface area contributed by atoms with Gasteiger partial charge in [-0.25, -0.2) is 9.69 Å². The Bertz CT molecular complexity index is 759. The molecule has 0 radical (unpaired) electrons. The van der Waals surface area contributed by atoms with Crippen LogP contribution in [0.5, 0.6) is 0 Å². The van der Waals surface area contributed by atoms with E-state index >= 15 is 0 Å². The van der Waals surface area contributed by atoms with Crippen LogP contribution in [0, 0.1) is 5.92 Å². The van der Waals surface area contributed by atoms with Crippen molar-refractivity contribution in [2.45, 2.75) is 52.0 Å². The lowest BCUT2D eigenvalue weighted by Gasteiger charge is -2.34. The number of hydrogen-bond acceptors (Lipinski definition) is 4. The zero-order chi connectivity index (χ0) is 19.6. The molecule has 1 saturated carbocycles. The van der Waals surface area contributed by atoms with Crippen molar-refractivity contribution in [1.29, 1.82) is 0 Å². The molecule has 0 aromatic heterocycles. The van der Waals surface area contributed by atoms with Crippen LogP contribution in [-0.2, 0) is 20.8 Å². The van der Waals surface area contributed by atoms with Gasteiger partial charge < -0.3 is 5.32 Å². The molecule has 1 heterocycles. The Morgan fingerprint density at radius 2 is 1.74 bits per heavy atom. The Hall–Kier alpha value is -2.70. The summed E-state index contributed by atoms with van der Waals surface area (Å²) in [6, 6.07) is 6.39. The van der Waals surface area contributed by atoms with Crippen LogP contribution in [0.25, 0.3) is 0 Å². The van der Waals surface area contributed by atoms with Crippen LogP contribution in [0.2, 0.25) is 0 Å². The first-order chi connectivity index (χ1) is 12.9. The van der Waals surface area contributed by atoms with Crippen LogP contribution in [0.4, 0.5) is 10.5 Å². The van der Waals surface area contributed by atoms with E-state index in [1.165, 1.54) is 0 Å². The van der Waals surface area contributed by atoms with Gasteiger partial charge in [-0.05, 0) is 42.9 Å². The number of imide groups is 2. The van der Waals surface area contributed by atoms with Crippen LogP contribution in [-0.4, -0.2) is 46.1 Å². The van der Waals surface area contributed by atoms with Gasteiger partial charge in [0.1, 0.15) is 6.54 Å². The summed E-state index contributed by atoms with van der Waals surface area (Å²) >= 11 is 0. The fourth-order valence-corrected chi connectivity index (χ4v) is 3.80. The van der Waals surface area contributed by atoms with Crippen LogP contribution < -0.4 is 5.32 Å². The number of carbonyl (C=O) groups excluding carboxylic acids is 4. The third-order valence-electron chi connectivity index (χ3n) is 5.43. The average molecular weight is 371 g/mol. The number of carbonyl (C=O) groups is 4. The second-order valence-corrected chi connectivity index (χ2v) is 7.28. The van der Waals surface area contributed by atoms with E-state index in [0.29, 0.717) is 12.1 Å². The van der Waals surface area contributed by atoms with Crippen molar-refractivity contribution in [3.8, 4) is 0 Å². The molecular weight excluding hydrogens is 346 g/mol. The van der Waals surface area contributed by atoms with E-state index in [2.05, 4.69) is 5.32 Å². The van der Waals surface area contributed by atoms with Gasteiger partial charge in [0, 0.05) is 11.7 Å². The highest BCUT2D eigenvalue weighted by Crippen LogP contribution is 2.31.